The maximum Gasteiger partial charge on any atom is 0.325 e. The number of nitrogens with zero attached hydrogens (tertiary/aromatic N) is 3. The van der Waals surface area contributed by atoms with Crippen molar-refractivity contribution < 1.29 is 23.2 Å². The molecule has 2 aliphatic rings. The Labute approximate surface area is 172 Å². The smallest absolute Gasteiger partial charge is 0.323 e. The number of hydrogen-bond acceptors (Lipinski definition) is 4. The fourth-order valence-electron chi connectivity index (χ4n) is 4.14. The van der Waals surface area contributed by atoms with Crippen molar-refractivity contribution in [3.8, 4) is 11.3 Å². The summed E-state index contributed by atoms with van der Waals surface area (Å²) in [5.41, 5.74) is 1.69. The molecule has 9 heteroatoms. The van der Waals surface area contributed by atoms with Crippen LogP contribution in [0.3, 0.4) is 0 Å². The molecule has 2 heterocycles. The topological polar surface area (TPSA) is 84.3 Å². The molecule has 1 N–H and O–H groups in total. The fourth-order valence-corrected chi connectivity index (χ4v) is 4.14. The first-order valence-corrected chi connectivity index (χ1v) is 9.76. The molecule has 30 heavy (non-hydrogen) atoms. The van der Waals surface area contributed by atoms with Crippen LogP contribution in [0.15, 0.2) is 30.3 Å². The van der Waals surface area contributed by atoms with Gasteiger partial charge in [-0.15, -0.1) is 0 Å². The van der Waals surface area contributed by atoms with E-state index < -0.39 is 48.6 Å². The number of alkyl halides is 2. The number of carbonyl (C=O) groups is 3. The van der Waals surface area contributed by atoms with Crippen LogP contribution in [-0.2, 0) is 11.8 Å². The van der Waals surface area contributed by atoms with Crippen LogP contribution in [0.5, 0.6) is 0 Å². The standard InChI is InChI=1S/C21H22F2N4O3/c1-13-11-16(26(2)25-13)14-3-5-15(6-4-14)17(28)12-27-18(29)20(24-19(27)30)7-9-21(22,23)10-8-20/h3-6,11H,7-10,12H2,1-2H3,(H,24,30). The highest BCUT2D eigenvalue weighted by Gasteiger charge is 2.55. The summed E-state index contributed by atoms with van der Waals surface area (Å²) in [5.74, 6) is -3.82. The van der Waals surface area contributed by atoms with Crippen LogP contribution in [0.2, 0.25) is 0 Å². The van der Waals surface area contributed by atoms with E-state index in [0.717, 1.165) is 21.9 Å². The highest BCUT2D eigenvalue weighted by Crippen LogP contribution is 2.41. The Kier molecular flexibility index (Phi) is 4.71. The van der Waals surface area contributed by atoms with Crippen molar-refractivity contribution in [3.05, 3.63) is 41.6 Å². The average molecular weight is 416 g/mol. The second-order valence-electron chi connectivity index (χ2n) is 8.05. The second kappa shape index (κ2) is 7.00. The largest absolute Gasteiger partial charge is 0.325 e. The maximum atomic E-state index is 13.5. The lowest BCUT2D eigenvalue weighted by Crippen LogP contribution is -2.51. The first kappa shape index (κ1) is 20.2. The van der Waals surface area contributed by atoms with Crippen LogP contribution in [0.4, 0.5) is 13.6 Å². The van der Waals surface area contributed by atoms with E-state index in [0.29, 0.717) is 5.56 Å². The van der Waals surface area contributed by atoms with Gasteiger partial charge in [0, 0.05) is 25.5 Å². The lowest BCUT2D eigenvalue weighted by Gasteiger charge is -2.34. The molecule has 1 saturated carbocycles. The van der Waals surface area contributed by atoms with Crippen LogP contribution in [0.25, 0.3) is 11.3 Å². The third kappa shape index (κ3) is 3.48. The lowest BCUT2D eigenvalue weighted by molar-refractivity contribution is -0.135. The summed E-state index contributed by atoms with van der Waals surface area (Å²) < 4.78 is 28.7. The molecule has 1 aromatic carbocycles. The summed E-state index contributed by atoms with van der Waals surface area (Å²) in [6.07, 6.45) is -1.19. The number of aromatic nitrogens is 2. The van der Waals surface area contributed by atoms with Crippen LogP contribution < -0.4 is 5.32 Å². The Balaban J connectivity index is 1.47. The van der Waals surface area contributed by atoms with Gasteiger partial charge in [0.25, 0.3) is 5.91 Å². The van der Waals surface area contributed by atoms with Gasteiger partial charge in [0.05, 0.1) is 17.9 Å². The van der Waals surface area contributed by atoms with E-state index in [4.69, 9.17) is 0 Å². The van der Waals surface area contributed by atoms with E-state index in [9.17, 15) is 23.2 Å². The number of aryl methyl sites for hydroxylation is 2. The number of urea groups is 1. The number of amides is 3. The summed E-state index contributed by atoms with van der Waals surface area (Å²) in [6, 6.07) is 8.04. The second-order valence-corrected chi connectivity index (χ2v) is 8.05. The quantitative estimate of drug-likeness (QED) is 0.613. The molecule has 2 fully saturated rings. The molecule has 0 unspecified atom stereocenters. The van der Waals surface area contributed by atoms with Crippen molar-refractivity contribution in [1.82, 2.24) is 20.0 Å². The minimum absolute atomic E-state index is 0.131. The molecule has 1 saturated heterocycles. The van der Waals surface area contributed by atoms with Crippen LogP contribution in [0, 0.1) is 6.92 Å². The van der Waals surface area contributed by atoms with Crippen molar-refractivity contribution in [2.75, 3.05) is 6.54 Å². The van der Waals surface area contributed by atoms with Gasteiger partial charge in [0.15, 0.2) is 5.78 Å². The Hall–Kier alpha value is -3.10. The monoisotopic (exact) mass is 416 g/mol. The molecular weight excluding hydrogens is 394 g/mol. The Morgan fingerprint density at radius 3 is 2.33 bits per heavy atom. The number of benzene rings is 1. The summed E-state index contributed by atoms with van der Waals surface area (Å²) in [5, 5.41) is 6.84. The van der Waals surface area contributed by atoms with E-state index in [-0.39, 0.29) is 12.8 Å². The molecule has 0 atom stereocenters. The maximum absolute atomic E-state index is 13.5. The molecule has 0 bridgehead atoms. The van der Waals surface area contributed by atoms with Crippen molar-refractivity contribution >= 4 is 17.7 Å². The van der Waals surface area contributed by atoms with Crippen LogP contribution >= 0.6 is 0 Å². The fraction of sp³-hybridized carbons (Fsp3) is 0.429. The summed E-state index contributed by atoms with van der Waals surface area (Å²) >= 11 is 0. The first-order chi connectivity index (χ1) is 14.1. The number of nitrogens with one attached hydrogen (secondary N) is 1. The molecule has 1 spiro atoms. The number of imide groups is 1. The highest BCUT2D eigenvalue weighted by atomic mass is 19.3. The van der Waals surface area contributed by atoms with Gasteiger partial charge in [0.1, 0.15) is 5.54 Å². The van der Waals surface area contributed by atoms with Gasteiger partial charge in [-0.2, -0.15) is 5.10 Å². The van der Waals surface area contributed by atoms with Crippen LogP contribution in [0.1, 0.15) is 41.7 Å². The lowest BCUT2D eigenvalue weighted by atomic mass is 9.80. The predicted octanol–water partition coefficient (Wildman–Crippen LogP) is 3.08. The van der Waals surface area contributed by atoms with E-state index in [1.807, 2.05) is 20.0 Å². The molecular formula is C21H22F2N4O3. The molecule has 4 rings (SSSR count). The minimum Gasteiger partial charge on any atom is -0.323 e. The normalized spacial score (nSPS) is 19.9. The zero-order valence-corrected chi connectivity index (χ0v) is 16.7. The molecule has 158 valence electrons. The average Bonchev–Trinajstić information content (AvgIpc) is 3.15. The molecule has 1 aromatic heterocycles. The molecule has 1 aliphatic heterocycles. The highest BCUT2D eigenvalue weighted by molar-refractivity contribution is 6.11. The van der Waals surface area contributed by atoms with E-state index in [1.165, 1.54) is 0 Å². The third-order valence-corrected chi connectivity index (χ3v) is 5.89. The summed E-state index contributed by atoms with van der Waals surface area (Å²) in [6.45, 7) is 1.46. The Morgan fingerprint density at radius 1 is 1.13 bits per heavy atom. The van der Waals surface area contributed by atoms with Gasteiger partial charge in [-0.25, -0.2) is 13.6 Å². The minimum atomic E-state index is -2.83. The number of hydrogen-bond donors (Lipinski definition) is 1. The molecule has 7 nitrogen and oxygen atoms in total. The molecule has 2 aromatic rings. The number of Topliss-reactive ketones (excluding diaryl/α,β-unsaturated/α-hetero) is 1. The van der Waals surface area contributed by atoms with Gasteiger partial charge in [0.2, 0.25) is 5.92 Å². The van der Waals surface area contributed by atoms with E-state index >= 15 is 0 Å². The molecule has 1 aliphatic carbocycles. The Morgan fingerprint density at radius 2 is 1.77 bits per heavy atom. The van der Waals surface area contributed by atoms with Crippen molar-refractivity contribution in [2.24, 2.45) is 7.05 Å². The number of halogens is 2. The molecule has 3 amide bonds. The van der Waals surface area contributed by atoms with Gasteiger partial charge in [-0.1, -0.05) is 24.3 Å². The number of carbonyl (C=O) groups excluding carboxylic acids is 3. The van der Waals surface area contributed by atoms with E-state index in [2.05, 4.69) is 10.4 Å². The van der Waals surface area contributed by atoms with Gasteiger partial charge in [-0.05, 0) is 31.4 Å². The number of rotatable bonds is 4. The van der Waals surface area contributed by atoms with Crippen molar-refractivity contribution in [1.29, 1.82) is 0 Å². The van der Waals surface area contributed by atoms with Gasteiger partial charge >= 0.3 is 6.03 Å². The van der Waals surface area contributed by atoms with Gasteiger partial charge < -0.3 is 5.32 Å². The number of ketones is 1. The van der Waals surface area contributed by atoms with Crippen LogP contribution in [-0.4, -0.2) is 50.4 Å². The zero-order valence-electron chi connectivity index (χ0n) is 16.7. The first-order valence-electron chi connectivity index (χ1n) is 9.76. The summed E-state index contributed by atoms with van der Waals surface area (Å²) in [4.78, 5) is 38.6. The Bertz CT molecular complexity index is 1020. The predicted molar refractivity (Wildman–Crippen MR) is 104 cm³/mol. The van der Waals surface area contributed by atoms with Crippen molar-refractivity contribution in [3.63, 3.8) is 0 Å². The van der Waals surface area contributed by atoms with E-state index in [1.54, 1.807) is 28.9 Å². The van der Waals surface area contributed by atoms with Crippen molar-refractivity contribution in [2.45, 2.75) is 44.1 Å². The SMILES string of the molecule is Cc1cc(-c2ccc(C(=O)CN3C(=O)NC4(CCC(F)(F)CC4)C3=O)cc2)n(C)n1. The third-order valence-electron chi connectivity index (χ3n) is 5.89. The van der Waals surface area contributed by atoms with Gasteiger partial charge in [-0.3, -0.25) is 19.2 Å². The zero-order chi connectivity index (χ0) is 21.7. The summed E-state index contributed by atoms with van der Waals surface area (Å²) in [7, 11) is 1.83. The molecule has 0 radical (unpaired) electrons.